The number of benzene rings is 1. The average molecular weight is 521 g/mol. The third-order valence-electron chi connectivity index (χ3n) is 7.05. The molecule has 2 N–H and O–H groups in total. The Labute approximate surface area is 223 Å². The van der Waals surface area contributed by atoms with E-state index in [1.807, 2.05) is 24.3 Å². The van der Waals surface area contributed by atoms with E-state index in [4.69, 9.17) is 14.7 Å². The minimum atomic E-state index is -0.314. The van der Waals surface area contributed by atoms with E-state index in [9.17, 15) is 4.39 Å². The quantitative estimate of drug-likeness (QED) is 0.296. The van der Waals surface area contributed by atoms with Crippen LogP contribution in [0.25, 0.3) is 56.0 Å². The van der Waals surface area contributed by atoms with Crippen LogP contribution in [0.4, 0.5) is 4.39 Å². The van der Waals surface area contributed by atoms with Crippen LogP contribution < -0.4 is 4.74 Å². The molecule has 1 aliphatic rings. The number of H-pyrrole nitrogens is 2. The van der Waals surface area contributed by atoms with Crippen LogP contribution in [-0.4, -0.2) is 66.3 Å². The molecular weight excluding hydrogens is 495 g/mol. The summed E-state index contributed by atoms with van der Waals surface area (Å²) < 4.78 is 19.9. The molecule has 6 heterocycles. The molecule has 7 rings (SSSR count). The van der Waals surface area contributed by atoms with E-state index in [0.29, 0.717) is 34.7 Å². The molecule has 0 bridgehead atoms. The van der Waals surface area contributed by atoms with Gasteiger partial charge >= 0.3 is 0 Å². The highest BCUT2D eigenvalue weighted by molar-refractivity contribution is 5.95. The summed E-state index contributed by atoms with van der Waals surface area (Å²) in [6.45, 7) is 3.84. The van der Waals surface area contributed by atoms with E-state index in [2.05, 4.69) is 30.0 Å². The Balaban J connectivity index is 1.20. The van der Waals surface area contributed by atoms with Gasteiger partial charge in [-0.1, -0.05) is 12.1 Å². The maximum atomic E-state index is 13.9. The SMILES string of the molecule is Fc1cccc(-c2cncc3[nH]c(-c4n[nH]c5ccc(-c6cncc(OCCN7CCCC7)c6)nc45)nc23)c1. The number of hydrogen-bond acceptors (Lipinski definition) is 7. The van der Waals surface area contributed by atoms with Gasteiger partial charge in [-0.25, -0.2) is 14.4 Å². The van der Waals surface area contributed by atoms with Gasteiger partial charge in [0.05, 0.1) is 34.6 Å². The van der Waals surface area contributed by atoms with Crippen molar-refractivity contribution in [2.24, 2.45) is 0 Å². The number of halogens is 1. The highest BCUT2D eigenvalue weighted by Crippen LogP contribution is 2.31. The van der Waals surface area contributed by atoms with Crippen LogP contribution in [0.5, 0.6) is 5.75 Å². The van der Waals surface area contributed by atoms with Crippen LogP contribution >= 0.6 is 0 Å². The predicted molar refractivity (Wildman–Crippen MR) is 147 cm³/mol. The number of imidazole rings is 1. The molecule has 0 saturated carbocycles. The van der Waals surface area contributed by atoms with Crippen LogP contribution in [-0.2, 0) is 0 Å². The van der Waals surface area contributed by atoms with Gasteiger partial charge in [-0.2, -0.15) is 5.10 Å². The number of nitrogens with zero attached hydrogens (tertiary/aromatic N) is 6. The summed E-state index contributed by atoms with van der Waals surface area (Å²) in [4.78, 5) is 24.1. The monoisotopic (exact) mass is 520 g/mol. The molecule has 10 heteroatoms. The molecular formula is C29H25FN8O. The molecule has 1 saturated heterocycles. The molecule has 9 nitrogen and oxygen atoms in total. The second-order valence-corrected chi connectivity index (χ2v) is 9.65. The molecule has 0 aliphatic carbocycles. The van der Waals surface area contributed by atoms with Crippen molar-refractivity contribution in [3.63, 3.8) is 0 Å². The standard InChI is InChI=1S/C29H25FN8O/c30-20-5-3-4-18(12-20)22-16-32-17-25-26(22)35-29(34-25)28-27-24(36-37-28)7-6-23(33-27)19-13-21(15-31-14-19)39-11-10-38-8-1-2-9-38/h3-7,12-17H,1-2,8-11H2,(H,34,35)(H,36,37). The Morgan fingerprint density at radius 2 is 1.77 bits per heavy atom. The maximum Gasteiger partial charge on any atom is 0.161 e. The van der Waals surface area contributed by atoms with Crippen LogP contribution in [0.15, 0.2) is 67.3 Å². The van der Waals surface area contributed by atoms with Crippen LogP contribution in [0.2, 0.25) is 0 Å². The summed E-state index contributed by atoms with van der Waals surface area (Å²) >= 11 is 0. The van der Waals surface area contributed by atoms with Gasteiger partial charge in [-0.05, 0) is 61.8 Å². The number of likely N-dealkylation sites (tertiary alicyclic amines) is 1. The molecule has 1 fully saturated rings. The zero-order valence-corrected chi connectivity index (χ0v) is 21.1. The summed E-state index contributed by atoms with van der Waals surface area (Å²) in [5.74, 6) is 0.949. The lowest BCUT2D eigenvalue weighted by Crippen LogP contribution is -2.25. The third kappa shape index (κ3) is 4.59. The van der Waals surface area contributed by atoms with E-state index in [1.165, 1.54) is 25.0 Å². The van der Waals surface area contributed by atoms with E-state index in [1.54, 1.807) is 30.9 Å². The molecule has 5 aromatic heterocycles. The summed E-state index contributed by atoms with van der Waals surface area (Å²) in [7, 11) is 0. The molecule has 0 unspecified atom stereocenters. The number of fused-ring (bicyclic) bond motifs is 2. The largest absolute Gasteiger partial charge is 0.491 e. The van der Waals surface area contributed by atoms with Crippen molar-refractivity contribution < 1.29 is 9.13 Å². The van der Waals surface area contributed by atoms with Crippen LogP contribution in [0.1, 0.15) is 12.8 Å². The molecule has 39 heavy (non-hydrogen) atoms. The molecule has 194 valence electrons. The number of ether oxygens (including phenoxy) is 1. The van der Waals surface area contributed by atoms with Gasteiger partial charge in [0, 0.05) is 30.1 Å². The molecule has 0 atom stereocenters. The van der Waals surface area contributed by atoms with E-state index in [0.717, 1.165) is 53.2 Å². The first-order valence-electron chi connectivity index (χ1n) is 13.0. The fourth-order valence-electron chi connectivity index (χ4n) is 5.07. The van der Waals surface area contributed by atoms with E-state index < -0.39 is 0 Å². The Bertz CT molecular complexity index is 1790. The molecule has 0 amide bonds. The minimum Gasteiger partial charge on any atom is -0.491 e. The fourth-order valence-corrected chi connectivity index (χ4v) is 5.07. The van der Waals surface area contributed by atoms with Gasteiger partial charge < -0.3 is 9.72 Å². The zero-order chi connectivity index (χ0) is 26.2. The van der Waals surface area contributed by atoms with Crippen LogP contribution in [0, 0.1) is 5.82 Å². The fraction of sp³-hybridized carbons (Fsp3) is 0.207. The second kappa shape index (κ2) is 9.88. The van der Waals surface area contributed by atoms with Crippen molar-refractivity contribution in [1.82, 2.24) is 40.0 Å². The lowest BCUT2D eigenvalue weighted by molar-refractivity contribution is 0.237. The van der Waals surface area contributed by atoms with E-state index in [-0.39, 0.29) is 5.82 Å². The first-order valence-corrected chi connectivity index (χ1v) is 13.0. The molecule has 1 aliphatic heterocycles. The first-order chi connectivity index (χ1) is 19.2. The molecule has 0 radical (unpaired) electrons. The summed E-state index contributed by atoms with van der Waals surface area (Å²) in [6.07, 6.45) is 9.42. The summed E-state index contributed by atoms with van der Waals surface area (Å²) in [6, 6.07) is 12.2. The number of rotatable bonds is 7. The minimum absolute atomic E-state index is 0.314. The average Bonchev–Trinajstić information content (AvgIpc) is 3.72. The number of aromatic amines is 2. The first kappa shape index (κ1) is 23.4. The van der Waals surface area contributed by atoms with Crippen molar-refractivity contribution >= 4 is 22.1 Å². The van der Waals surface area contributed by atoms with Crippen molar-refractivity contribution in [3.05, 3.63) is 73.1 Å². The Morgan fingerprint density at radius 3 is 2.67 bits per heavy atom. The maximum absolute atomic E-state index is 13.9. The predicted octanol–water partition coefficient (Wildman–Crippen LogP) is 5.24. The number of nitrogens with one attached hydrogen (secondary N) is 2. The number of pyridine rings is 3. The van der Waals surface area contributed by atoms with Gasteiger partial charge in [0.25, 0.3) is 0 Å². The topological polar surface area (TPSA) is 108 Å². The van der Waals surface area contributed by atoms with E-state index >= 15 is 0 Å². The van der Waals surface area contributed by atoms with Crippen LogP contribution in [0.3, 0.4) is 0 Å². The van der Waals surface area contributed by atoms with Gasteiger partial charge in [0.15, 0.2) is 11.5 Å². The molecule has 1 aromatic carbocycles. The van der Waals surface area contributed by atoms with Crippen molar-refractivity contribution in [1.29, 1.82) is 0 Å². The highest BCUT2D eigenvalue weighted by atomic mass is 19.1. The summed E-state index contributed by atoms with van der Waals surface area (Å²) in [5, 5.41) is 7.55. The summed E-state index contributed by atoms with van der Waals surface area (Å²) in [5.41, 5.74) is 6.48. The second-order valence-electron chi connectivity index (χ2n) is 9.65. The smallest absolute Gasteiger partial charge is 0.161 e. The normalized spacial score (nSPS) is 14.0. The molecule has 6 aromatic rings. The van der Waals surface area contributed by atoms with Crippen molar-refractivity contribution in [3.8, 4) is 39.7 Å². The molecule has 0 spiro atoms. The zero-order valence-electron chi connectivity index (χ0n) is 21.1. The lowest BCUT2D eigenvalue weighted by atomic mass is 10.1. The van der Waals surface area contributed by atoms with Gasteiger partial charge in [0.2, 0.25) is 0 Å². The highest BCUT2D eigenvalue weighted by Gasteiger charge is 2.18. The van der Waals surface area contributed by atoms with Gasteiger partial charge in [-0.3, -0.25) is 20.0 Å². The number of aromatic nitrogens is 7. The van der Waals surface area contributed by atoms with Gasteiger partial charge in [0.1, 0.15) is 23.7 Å². The van der Waals surface area contributed by atoms with Gasteiger partial charge in [-0.15, -0.1) is 0 Å². The Kier molecular flexibility index (Phi) is 5.93. The lowest BCUT2D eigenvalue weighted by Gasteiger charge is -2.15. The number of hydrogen-bond donors (Lipinski definition) is 2. The Morgan fingerprint density at radius 1 is 0.872 bits per heavy atom. The van der Waals surface area contributed by atoms with Crippen molar-refractivity contribution in [2.45, 2.75) is 12.8 Å². The Hall–Kier alpha value is -4.70. The third-order valence-corrected chi connectivity index (χ3v) is 7.05. The van der Waals surface area contributed by atoms with Crippen molar-refractivity contribution in [2.75, 3.05) is 26.2 Å².